The predicted octanol–water partition coefficient (Wildman–Crippen LogP) is 5.44. The van der Waals surface area contributed by atoms with Crippen LogP contribution in [0.15, 0.2) is 36.5 Å². The second-order valence-electron chi connectivity index (χ2n) is 9.54. The van der Waals surface area contributed by atoms with E-state index < -0.39 is 11.7 Å². The summed E-state index contributed by atoms with van der Waals surface area (Å²) in [6, 6.07) is 9.09. The molecule has 0 radical (unpaired) electrons. The standard InChI is InChI=1S/C27H32F3N5O3/c1-2-15-37-26(36)35-13-11-34(12-14-35)25-17-23(9-10-32-25)38-22-7-5-20(6-8-22)33-21-4-3-19(18-31)24(16-21)27(28,29)30/h3-4,9-10,16-17,20,22,33H,2,5-8,11-15H2,1H3. The largest absolute Gasteiger partial charge is 0.490 e. The average molecular weight is 532 g/mol. The van der Waals surface area contributed by atoms with Gasteiger partial charge in [0.05, 0.1) is 29.9 Å². The first kappa shape index (κ1) is 27.4. The molecule has 2 aromatic rings. The van der Waals surface area contributed by atoms with Crippen LogP contribution in [0, 0.1) is 11.3 Å². The van der Waals surface area contributed by atoms with Gasteiger partial charge in [-0.05, 0) is 56.4 Å². The number of nitriles is 1. The fraction of sp³-hybridized carbons (Fsp3) is 0.519. The Kier molecular flexibility index (Phi) is 8.81. The van der Waals surface area contributed by atoms with Crippen molar-refractivity contribution in [2.75, 3.05) is 43.0 Å². The number of rotatable bonds is 7. The Bertz CT molecular complexity index is 1140. The van der Waals surface area contributed by atoms with E-state index in [1.807, 2.05) is 19.1 Å². The number of carbonyl (C=O) groups is 1. The van der Waals surface area contributed by atoms with Crippen molar-refractivity contribution in [1.29, 1.82) is 5.26 Å². The van der Waals surface area contributed by atoms with E-state index in [4.69, 9.17) is 14.7 Å². The number of carbonyl (C=O) groups excluding carboxylic acids is 1. The molecule has 0 spiro atoms. The van der Waals surface area contributed by atoms with E-state index in [2.05, 4.69) is 15.2 Å². The van der Waals surface area contributed by atoms with Gasteiger partial charge in [0.15, 0.2) is 0 Å². The highest BCUT2D eigenvalue weighted by molar-refractivity contribution is 5.68. The Balaban J connectivity index is 1.27. The average Bonchev–Trinajstić information content (AvgIpc) is 2.92. The number of ether oxygens (including phenoxy) is 2. The summed E-state index contributed by atoms with van der Waals surface area (Å²) < 4.78 is 51.2. The molecule has 8 nitrogen and oxygen atoms in total. The summed E-state index contributed by atoms with van der Waals surface area (Å²) in [6.45, 7) is 4.82. The van der Waals surface area contributed by atoms with Crippen molar-refractivity contribution in [3.8, 4) is 11.8 Å². The highest BCUT2D eigenvalue weighted by Gasteiger charge is 2.34. The van der Waals surface area contributed by atoms with Crippen LogP contribution in [-0.4, -0.2) is 60.9 Å². The van der Waals surface area contributed by atoms with Crippen molar-refractivity contribution in [2.45, 2.75) is 57.3 Å². The first-order valence-electron chi connectivity index (χ1n) is 12.9. The van der Waals surface area contributed by atoms with E-state index in [1.54, 1.807) is 17.2 Å². The molecular formula is C27H32F3N5O3. The lowest BCUT2D eigenvalue weighted by molar-refractivity contribution is -0.137. The Morgan fingerprint density at radius 2 is 1.87 bits per heavy atom. The van der Waals surface area contributed by atoms with Gasteiger partial charge in [-0.1, -0.05) is 6.92 Å². The molecule has 1 N–H and O–H groups in total. The second-order valence-corrected chi connectivity index (χ2v) is 9.54. The van der Waals surface area contributed by atoms with Crippen LogP contribution in [-0.2, 0) is 10.9 Å². The zero-order valence-electron chi connectivity index (χ0n) is 21.3. The molecule has 1 amide bonds. The number of piperazine rings is 1. The maximum Gasteiger partial charge on any atom is 0.417 e. The Morgan fingerprint density at radius 1 is 1.13 bits per heavy atom. The number of amides is 1. The summed E-state index contributed by atoms with van der Waals surface area (Å²) in [5.74, 6) is 1.51. The van der Waals surface area contributed by atoms with Crippen molar-refractivity contribution < 1.29 is 27.4 Å². The molecule has 1 aromatic heterocycles. The lowest BCUT2D eigenvalue weighted by Crippen LogP contribution is -2.49. The van der Waals surface area contributed by atoms with Crippen molar-refractivity contribution in [2.24, 2.45) is 0 Å². The number of aromatic nitrogens is 1. The lowest BCUT2D eigenvalue weighted by atomic mass is 9.92. The number of anilines is 2. The van der Waals surface area contributed by atoms with Gasteiger partial charge < -0.3 is 24.6 Å². The van der Waals surface area contributed by atoms with Gasteiger partial charge in [0.1, 0.15) is 11.6 Å². The number of pyridine rings is 1. The summed E-state index contributed by atoms with van der Waals surface area (Å²) in [6.07, 6.45) is 0.670. The van der Waals surface area contributed by atoms with Gasteiger partial charge in [-0.15, -0.1) is 0 Å². The van der Waals surface area contributed by atoms with Crippen molar-refractivity contribution in [3.05, 3.63) is 47.7 Å². The minimum atomic E-state index is -4.58. The maximum atomic E-state index is 13.3. The van der Waals surface area contributed by atoms with Crippen LogP contribution in [0.4, 0.5) is 29.5 Å². The molecule has 1 aliphatic carbocycles. The molecule has 1 aliphatic heterocycles. The van der Waals surface area contributed by atoms with Gasteiger partial charge in [-0.25, -0.2) is 9.78 Å². The van der Waals surface area contributed by atoms with Gasteiger partial charge in [-0.3, -0.25) is 0 Å². The first-order valence-corrected chi connectivity index (χ1v) is 12.9. The van der Waals surface area contributed by atoms with Crippen LogP contribution in [0.3, 0.4) is 0 Å². The normalized spacial score (nSPS) is 20.0. The molecular weight excluding hydrogens is 499 g/mol. The molecule has 38 heavy (non-hydrogen) atoms. The molecule has 0 atom stereocenters. The molecule has 2 aliphatic rings. The van der Waals surface area contributed by atoms with Gasteiger partial charge in [0, 0.05) is 50.2 Å². The number of nitrogens with one attached hydrogen (secondary N) is 1. The maximum absolute atomic E-state index is 13.3. The minimum absolute atomic E-state index is 0.000171. The highest BCUT2D eigenvalue weighted by atomic mass is 19.4. The highest BCUT2D eigenvalue weighted by Crippen LogP contribution is 2.34. The third kappa shape index (κ3) is 7.00. The van der Waals surface area contributed by atoms with E-state index in [0.717, 1.165) is 49.7 Å². The van der Waals surface area contributed by atoms with E-state index in [-0.39, 0.29) is 23.8 Å². The fourth-order valence-corrected chi connectivity index (χ4v) is 4.76. The summed E-state index contributed by atoms with van der Waals surface area (Å²) in [4.78, 5) is 20.4. The lowest BCUT2D eigenvalue weighted by Gasteiger charge is -2.35. The number of nitrogens with zero attached hydrogens (tertiary/aromatic N) is 4. The summed E-state index contributed by atoms with van der Waals surface area (Å²) >= 11 is 0. The molecule has 1 aromatic carbocycles. The number of hydrogen-bond donors (Lipinski definition) is 1. The van der Waals surface area contributed by atoms with Gasteiger partial charge in [0.2, 0.25) is 0 Å². The van der Waals surface area contributed by atoms with Crippen molar-refractivity contribution in [1.82, 2.24) is 9.88 Å². The molecule has 0 bridgehead atoms. The smallest absolute Gasteiger partial charge is 0.417 e. The van der Waals surface area contributed by atoms with E-state index in [1.165, 1.54) is 12.1 Å². The van der Waals surface area contributed by atoms with Gasteiger partial charge >= 0.3 is 12.3 Å². The molecule has 204 valence electrons. The molecule has 2 heterocycles. The van der Waals surface area contributed by atoms with Crippen LogP contribution in [0.1, 0.15) is 50.2 Å². The Morgan fingerprint density at radius 3 is 2.53 bits per heavy atom. The predicted molar refractivity (Wildman–Crippen MR) is 136 cm³/mol. The summed E-state index contributed by atoms with van der Waals surface area (Å²) in [5, 5.41) is 12.2. The van der Waals surface area contributed by atoms with Gasteiger partial charge in [-0.2, -0.15) is 18.4 Å². The van der Waals surface area contributed by atoms with Crippen LogP contribution in [0.2, 0.25) is 0 Å². The first-order chi connectivity index (χ1) is 18.3. The van der Waals surface area contributed by atoms with Crippen LogP contribution in [0.5, 0.6) is 5.75 Å². The summed E-state index contributed by atoms with van der Waals surface area (Å²) in [7, 11) is 0. The second kappa shape index (κ2) is 12.2. The zero-order valence-corrected chi connectivity index (χ0v) is 21.3. The van der Waals surface area contributed by atoms with E-state index in [9.17, 15) is 18.0 Å². The van der Waals surface area contributed by atoms with E-state index in [0.29, 0.717) is 38.5 Å². The Hall–Kier alpha value is -3.68. The third-order valence-electron chi connectivity index (χ3n) is 6.80. The van der Waals surface area contributed by atoms with E-state index >= 15 is 0 Å². The number of alkyl halides is 3. The van der Waals surface area contributed by atoms with Crippen molar-refractivity contribution in [3.63, 3.8) is 0 Å². The van der Waals surface area contributed by atoms with Crippen molar-refractivity contribution >= 4 is 17.6 Å². The molecule has 1 saturated heterocycles. The quantitative estimate of drug-likeness (QED) is 0.509. The monoisotopic (exact) mass is 531 g/mol. The fourth-order valence-electron chi connectivity index (χ4n) is 4.76. The minimum Gasteiger partial charge on any atom is -0.490 e. The van der Waals surface area contributed by atoms with Crippen LogP contribution >= 0.6 is 0 Å². The third-order valence-corrected chi connectivity index (χ3v) is 6.80. The molecule has 0 unspecified atom stereocenters. The van der Waals surface area contributed by atoms with Crippen LogP contribution in [0.25, 0.3) is 0 Å². The molecule has 4 rings (SSSR count). The van der Waals surface area contributed by atoms with Gasteiger partial charge in [0.25, 0.3) is 0 Å². The topological polar surface area (TPSA) is 90.7 Å². The number of halogens is 3. The van der Waals surface area contributed by atoms with Crippen LogP contribution < -0.4 is 15.0 Å². The molecule has 2 fully saturated rings. The number of benzene rings is 1. The molecule has 11 heteroatoms. The summed E-state index contributed by atoms with van der Waals surface area (Å²) in [5.41, 5.74) is -0.945. The Labute approximate surface area is 220 Å². The molecule has 1 saturated carbocycles. The zero-order chi connectivity index (χ0) is 27.1. The number of hydrogen-bond acceptors (Lipinski definition) is 7. The SMILES string of the molecule is CCCOC(=O)N1CCN(c2cc(OC3CCC(Nc4ccc(C#N)c(C(F)(F)F)c4)CC3)ccn2)CC1.